The minimum atomic E-state index is -0.281. The van der Waals surface area contributed by atoms with E-state index in [4.69, 9.17) is 9.47 Å². The highest BCUT2D eigenvalue weighted by atomic mass is 16.5. The van der Waals surface area contributed by atoms with Gasteiger partial charge in [0.1, 0.15) is 0 Å². The van der Waals surface area contributed by atoms with Gasteiger partial charge in [0.15, 0.2) is 0 Å². The second kappa shape index (κ2) is 7.54. The summed E-state index contributed by atoms with van der Waals surface area (Å²) in [7, 11) is 1.39. The highest BCUT2D eigenvalue weighted by Crippen LogP contribution is 2.21. The highest BCUT2D eigenvalue weighted by Gasteiger charge is 2.31. The molecule has 1 fully saturated rings. The van der Waals surface area contributed by atoms with Crippen molar-refractivity contribution in [2.75, 3.05) is 26.9 Å². The SMILES string of the molecule is COC(=O)Cc1ccccc1CNC1(CO)CCOCC1. The third kappa shape index (κ3) is 4.27. The Morgan fingerprint density at radius 2 is 2.00 bits per heavy atom. The van der Waals surface area contributed by atoms with Crippen LogP contribution in [0.3, 0.4) is 0 Å². The van der Waals surface area contributed by atoms with Crippen molar-refractivity contribution in [2.24, 2.45) is 0 Å². The van der Waals surface area contributed by atoms with E-state index in [1.165, 1.54) is 7.11 Å². The van der Waals surface area contributed by atoms with E-state index in [-0.39, 0.29) is 24.5 Å². The predicted octanol–water partition coefficient (Wildman–Crippen LogP) is 1.03. The zero-order valence-electron chi connectivity index (χ0n) is 12.4. The molecular formula is C16H23NO4. The van der Waals surface area contributed by atoms with Crippen LogP contribution < -0.4 is 5.32 Å². The van der Waals surface area contributed by atoms with E-state index in [0.29, 0.717) is 19.8 Å². The van der Waals surface area contributed by atoms with Crippen LogP contribution in [0.1, 0.15) is 24.0 Å². The summed E-state index contributed by atoms with van der Waals surface area (Å²) >= 11 is 0. The van der Waals surface area contributed by atoms with Crippen molar-refractivity contribution in [3.05, 3.63) is 35.4 Å². The van der Waals surface area contributed by atoms with E-state index in [0.717, 1.165) is 24.0 Å². The number of methoxy groups -OCH3 is 1. The number of rotatable bonds is 6. The number of carbonyl (C=O) groups is 1. The van der Waals surface area contributed by atoms with Crippen LogP contribution in [0.25, 0.3) is 0 Å². The largest absolute Gasteiger partial charge is 0.469 e. The first-order chi connectivity index (χ1) is 10.2. The molecule has 5 heteroatoms. The van der Waals surface area contributed by atoms with Gasteiger partial charge in [-0.25, -0.2) is 0 Å². The molecule has 5 nitrogen and oxygen atoms in total. The molecule has 0 amide bonds. The van der Waals surface area contributed by atoms with E-state index in [1.807, 2.05) is 24.3 Å². The second-order valence-corrected chi connectivity index (χ2v) is 5.43. The lowest BCUT2D eigenvalue weighted by Gasteiger charge is -2.36. The maximum Gasteiger partial charge on any atom is 0.309 e. The van der Waals surface area contributed by atoms with Crippen LogP contribution in [-0.2, 0) is 27.2 Å². The van der Waals surface area contributed by atoms with Gasteiger partial charge in [-0.05, 0) is 24.0 Å². The molecule has 0 bridgehead atoms. The maximum atomic E-state index is 11.5. The number of aliphatic hydroxyl groups excluding tert-OH is 1. The summed E-state index contributed by atoms with van der Waals surface area (Å²) in [5.41, 5.74) is 1.73. The number of esters is 1. The van der Waals surface area contributed by atoms with Gasteiger partial charge >= 0.3 is 5.97 Å². The summed E-state index contributed by atoms with van der Waals surface area (Å²) in [5, 5.41) is 13.1. The van der Waals surface area contributed by atoms with E-state index in [9.17, 15) is 9.90 Å². The van der Waals surface area contributed by atoms with Gasteiger partial charge in [0.2, 0.25) is 0 Å². The van der Waals surface area contributed by atoms with E-state index < -0.39 is 0 Å². The van der Waals surface area contributed by atoms with Crippen LogP contribution in [0.2, 0.25) is 0 Å². The minimum Gasteiger partial charge on any atom is -0.469 e. The summed E-state index contributed by atoms with van der Waals surface area (Å²) in [6.07, 6.45) is 1.86. The normalized spacial score (nSPS) is 17.4. The van der Waals surface area contributed by atoms with Crippen molar-refractivity contribution >= 4 is 5.97 Å². The summed E-state index contributed by atoms with van der Waals surface area (Å²) in [6, 6.07) is 7.80. The fourth-order valence-electron chi connectivity index (χ4n) is 2.57. The molecule has 0 saturated carbocycles. The van der Waals surface area contributed by atoms with E-state index in [2.05, 4.69) is 5.32 Å². The number of carbonyl (C=O) groups excluding carboxylic acids is 1. The number of benzene rings is 1. The molecule has 1 aliphatic rings. The summed E-state index contributed by atoms with van der Waals surface area (Å²) in [6.45, 7) is 2.04. The van der Waals surface area contributed by atoms with Crippen LogP contribution in [0.4, 0.5) is 0 Å². The Bertz CT molecular complexity index is 469. The molecule has 0 unspecified atom stereocenters. The van der Waals surface area contributed by atoms with Crippen molar-refractivity contribution in [2.45, 2.75) is 31.3 Å². The van der Waals surface area contributed by atoms with Crippen LogP contribution in [0.5, 0.6) is 0 Å². The van der Waals surface area contributed by atoms with Gasteiger partial charge in [0.25, 0.3) is 0 Å². The van der Waals surface area contributed by atoms with Crippen molar-refractivity contribution in [1.29, 1.82) is 0 Å². The molecule has 0 spiro atoms. The van der Waals surface area contributed by atoms with Gasteiger partial charge in [-0.2, -0.15) is 0 Å². The van der Waals surface area contributed by atoms with Crippen molar-refractivity contribution in [1.82, 2.24) is 5.32 Å². The lowest BCUT2D eigenvalue weighted by molar-refractivity contribution is -0.139. The second-order valence-electron chi connectivity index (χ2n) is 5.43. The smallest absolute Gasteiger partial charge is 0.309 e. The number of hydrogen-bond donors (Lipinski definition) is 2. The summed E-state index contributed by atoms with van der Waals surface area (Å²) in [5.74, 6) is -0.245. The Morgan fingerprint density at radius 1 is 1.33 bits per heavy atom. The molecule has 2 rings (SSSR count). The monoisotopic (exact) mass is 293 g/mol. The number of aliphatic hydroxyl groups is 1. The third-order valence-corrected chi connectivity index (χ3v) is 4.09. The first kappa shape index (κ1) is 15.9. The minimum absolute atomic E-state index is 0.0928. The Balaban J connectivity index is 2.03. The molecule has 1 saturated heterocycles. The van der Waals surface area contributed by atoms with Crippen LogP contribution in [0, 0.1) is 0 Å². The topological polar surface area (TPSA) is 67.8 Å². The molecule has 1 aromatic rings. The fourth-order valence-corrected chi connectivity index (χ4v) is 2.57. The molecule has 1 aliphatic heterocycles. The van der Waals surface area contributed by atoms with Crippen molar-refractivity contribution in [3.8, 4) is 0 Å². The molecule has 0 radical (unpaired) electrons. The van der Waals surface area contributed by atoms with Crippen LogP contribution in [-0.4, -0.2) is 43.5 Å². The number of ether oxygens (including phenoxy) is 2. The van der Waals surface area contributed by atoms with E-state index >= 15 is 0 Å². The van der Waals surface area contributed by atoms with Crippen molar-refractivity contribution < 1.29 is 19.4 Å². The Labute approximate surface area is 125 Å². The number of nitrogens with one attached hydrogen (secondary N) is 1. The van der Waals surface area contributed by atoms with Gasteiger partial charge in [-0.1, -0.05) is 24.3 Å². The van der Waals surface area contributed by atoms with Gasteiger partial charge in [-0.15, -0.1) is 0 Å². The Morgan fingerprint density at radius 3 is 2.62 bits per heavy atom. The first-order valence-corrected chi connectivity index (χ1v) is 7.26. The molecule has 21 heavy (non-hydrogen) atoms. The molecular weight excluding hydrogens is 270 g/mol. The summed E-state index contributed by atoms with van der Waals surface area (Å²) in [4.78, 5) is 11.5. The Hall–Kier alpha value is -1.43. The average molecular weight is 293 g/mol. The zero-order valence-corrected chi connectivity index (χ0v) is 12.4. The predicted molar refractivity (Wildman–Crippen MR) is 78.9 cm³/mol. The van der Waals surface area contributed by atoms with Crippen LogP contribution in [0.15, 0.2) is 24.3 Å². The zero-order chi connectivity index (χ0) is 15.1. The van der Waals surface area contributed by atoms with Crippen LogP contribution >= 0.6 is 0 Å². The third-order valence-electron chi connectivity index (χ3n) is 4.09. The van der Waals surface area contributed by atoms with Crippen molar-refractivity contribution in [3.63, 3.8) is 0 Å². The van der Waals surface area contributed by atoms with Gasteiger partial charge < -0.3 is 19.9 Å². The molecule has 1 aromatic carbocycles. The molecule has 116 valence electrons. The lowest BCUT2D eigenvalue weighted by atomic mass is 9.90. The molecule has 0 atom stereocenters. The first-order valence-electron chi connectivity index (χ1n) is 7.26. The van der Waals surface area contributed by atoms with Gasteiger partial charge in [0, 0.05) is 25.3 Å². The standard InChI is InChI=1S/C16H23NO4/c1-20-15(19)10-13-4-2-3-5-14(13)11-17-16(12-18)6-8-21-9-7-16/h2-5,17-18H,6-12H2,1H3. The Kier molecular flexibility index (Phi) is 5.73. The lowest BCUT2D eigenvalue weighted by Crippen LogP contribution is -2.51. The maximum absolute atomic E-state index is 11.5. The molecule has 0 aliphatic carbocycles. The van der Waals surface area contributed by atoms with Gasteiger partial charge in [-0.3, -0.25) is 4.79 Å². The van der Waals surface area contributed by atoms with E-state index in [1.54, 1.807) is 0 Å². The highest BCUT2D eigenvalue weighted by molar-refractivity contribution is 5.72. The quantitative estimate of drug-likeness (QED) is 0.767. The fraction of sp³-hybridized carbons (Fsp3) is 0.562. The average Bonchev–Trinajstić information content (AvgIpc) is 2.55. The van der Waals surface area contributed by atoms with Gasteiger partial charge in [0.05, 0.1) is 20.1 Å². The molecule has 1 heterocycles. The molecule has 2 N–H and O–H groups in total. The summed E-state index contributed by atoms with van der Waals surface area (Å²) < 4.78 is 10.1. The number of hydrogen-bond acceptors (Lipinski definition) is 5. The molecule has 0 aromatic heterocycles.